The molecule has 1 aliphatic heterocycles. The maximum Gasteiger partial charge on any atom is 0.257 e. The molecule has 0 radical (unpaired) electrons. The zero-order valence-corrected chi connectivity index (χ0v) is 11.6. The Morgan fingerprint density at radius 2 is 2.21 bits per heavy atom. The first-order valence-corrected chi connectivity index (χ1v) is 6.45. The smallest absolute Gasteiger partial charge is 0.257 e. The quantitative estimate of drug-likeness (QED) is 0.834. The van der Waals surface area contributed by atoms with Gasteiger partial charge < -0.3 is 15.2 Å². The molecule has 0 bridgehead atoms. The Morgan fingerprint density at radius 3 is 2.95 bits per heavy atom. The van der Waals surface area contributed by atoms with Crippen LogP contribution in [0.25, 0.3) is 5.57 Å². The van der Waals surface area contributed by atoms with Gasteiger partial charge >= 0.3 is 0 Å². The van der Waals surface area contributed by atoms with Gasteiger partial charge in [0.25, 0.3) is 5.91 Å². The zero-order valence-electron chi connectivity index (χ0n) is 10.0. The second-order valence-corrected chi connectivity index (χ2v) is 4.90. The number of carbonyl (C=O) groups excluding carboxylic acids is 1. The summed E-state index contributed by atoms with van der Waals surface area (Å²) >= 11 is 3.36. The van der Waals surface area contributed by atoms with Crippen LogP contribution in [0.1, 0.15) is 11.3 Å². The highest BCUT2D eigenvalue weighted by Gasteiger charge is 2.23. The van der Waals surface area contributed by atoms with E-state index in [0.29, 0.717) is 17.2 Å². The van der Waals surface area contributed by atoms with Crippen LogP contribution in [0.4, 0.5) is 11.5 Å². The van der Waals surface area contributed by atoms with Crippen LogP contribution in [-0.2, 0) is 4.79 Å². The lowest BCUT2D eigenvalue weighted by Crippen LogP contribution is -2.05. The molecule has 1 amide bonds. The molecule has 0 saturated carbocycles. The number of rotatable bonds is 2. The van der Waals surface area contributed by atoms with Crippen molar-refractivity contribution in [1.29, 1.82) is 0 Å². The minimum atomic E-state index is -0.134. The summed E-state index contributed by atoms with van der Waals surface area (Å²) in [5.74, 6) is 1.09. The predicted molar refractivity (Wildman–Crippen MR) is 75.6 cm³/mol. The molecule has 0 unspecified atom stereocenters. The molecule has 3 rings (SSSR count). The van der Waals surface area contributed by atoms with Crippen molar-refractivity contribution in [3.05, 3.63) is 46.3 Å². The number of halogens is 1. The van der Waals surface area contributed by atoms with Crippen LogP contribution in [-0.4, -0.2) is 11.1 Å². The van der Waals surface area contributed by atoms with Crippen LogP contribution in [0.5, 0.6) is 0 Å². The fourth-order valence-electron chi connectivity index (χ4n) is 1.87. The number of hydrogen-bond donors (Lipinski definition) is 2. The number of fused-ring (bicyclic) bond motifs is 1. The molecule has 1 aromatic heterocycles. The summed E-state index contributed by atoms with van der Waals surface area (Å²) in [4.78, 5) is 11.9. The lowest BCUT2D eigenvalue weighted by molar-refractivity contribution is -0.110. The van der Waals surface area contributed by atoms with Crippen LogP contribution in [0.2, 0.25) is 0 Å². The van der Waals surface area contributed by atoms with E-state index >= 15 is 0 Å². The van der Waals surface area contributed by atoms with Gasteiger partial charge in [0.15, 0.2) is 5.82 Å². The summed E-state index contributed by atoms with van der Waals surface area (Å²) in [6, 6.07) is 7.53. The van der Waals surface area contributed by atoms with Crippen LogP contribution >= 0.6 is 15.9 Å². The van der Waals surface area contributed by atoms with Gasteiger partial charge in [-0.1, -0.05) is 23.4 Å². The van der Waals surface area contributed by atoms with Crippen molar-refractivity contribution < 1.29 is 9.32 Å². The van der Waals surface area contributed by atoms with Gasteiger partial charge in [0.05, 0.1) is 5.57 Å². The van der Waals surface area contributed by atoms with Crippen LogP contribution in [0, 0.1) is 6.92 Å². The van der Waals surface area contributed by atoms with Gasteiger partial charge in [-0.25, -0.2) is 0 Å². The Bertz CT molecular complexity index is 691. The average molecular weight is 320 g/mol. The van der Waals surface area contributed by atoms with Gasteiger partial charge in [0, 0.05) is 17.5 Å². The number of carbonyl (C=O) groups is 1. The molecule has 96 valence electrons. The van der Waals surface area contributed by atoms with Crippen molar-refractivity contribution in [2.45, 2.75) is 6.92 Å². The molecule has 5 nitrogen and oxygen atoms in total. The van der Waals surface area contributed by atoms with Gasteiger partial charge in [0.2, 0.25) is 0 Å². The number of anilines is 2. The number of aryl methyl sites for hydroxylation is 1. The molecule has 0 fully saturated rings. The highest BCUT2D eigenvalue weighted by molar-refractivity contribution is 9.10. The maximum atomic E-state index is 11.9. The van der Waals surface area contributed by atoms with E-state index in [-0.39, 0.29) is 5.91 Å². The SMILES string of the molecule is Cc1onc(N/C=C2/C(=O)Nc3ccccc32)c1Br. The van der Waals surface area contributed by atoms with Crippen molar-refractivity contribution in [2.24, 2.45) is 0 Å². The van der Waals surface area contributed by atoms with E-state index in [1.165, 1.54) is 0 Å². The number of hydrogen-bond acceptors (Lipinski definition) is 4. The molecule has 0 aliphatic carbocycles. The minimum Gasteiger partial charge on any atom is -0.358 e. The van der Waals surface area contributed by atoms with E-state index in [9.17, 15) is 4.79 Å². The van der Waals surface area contributed by atoms with Crippen LogP contribution in [0.15, 0.2) is 39.5 Å². The summed E-state index contributed by atoms with van der Waals surface area (Å²) in [5.41, 5.74) is 2.26. The Hall–Kier alpha value is -2.08. The Labute approximate surface area is 117 Å². The lowest BCUT2D eigenvalue weighted by atomic mass is 10.1. The third-order valence-electron chi connectivity index (χ3n) is 2.85. The van der Waals surface area contributed by atoms with Gasteiger partial charge in [-0.3, -0.25) is 4.79 Å². The van der Waals surface area contributed by atoms with E-state index in [4.69, 9.17) is 4.52 Å². The van der Waals surface area contributed by atoms with E-state index < -0.39 is 0 Å². The number of amides is 1. The Kier molecular flexibility index (Phi) is 2.87. The van der Waals surface area contributed by atoms with Crippen molar-refractivity contribution in [3.63, 3.8) is 0 Å². The third-order valence-corrected chi connectivity index (χ3v) is 3.79. The van der Waals surface area contributed by atoms with E-state index in [1.54, 1.807) is 13.1 Å². The molecule has 19 heavy (non-hydrogen) atoms. The first-order chi connectivity index (χ1) is 9.16. The molecular weight excluding hydrogens is 310 g/mol. The monoisotopic (exact) mass is 319 g/mol. The van der Waals surface area contributed by atoms with Gasteiger partial charge in [-0.15, -0.1) is 0 Å². The molecular formula is C13H10BrN3O2. The number of benzene rings is 1. The normalized spacial score (nSPS) is 15.5. The second-order valence-electron chi connectivity index (χ2n) is 4.10. The molecule has 2 N–H and O–H groups in total. The Balaban J connectivity index is 1.92. The van der Waals surface area contributed by atoms with Crippen molar-refractivity contribution in [1.82, 2.24) is 5.16 Å². The topological polar surface area (TPSA) is 67.2 Å². The highest BCUT2D eigenvalue weighted by Crippen LogP contribution is 2.32. The molecule has 6 heteroatoms. The summed E-state index contributed by atoms with van der Waals surface area (Å²) < 4.78 is 5.76. The number of nitrogens with zero attached hydrogens (tertiary/aromatic N) is 1. The minimum absolute atomic E-state index is 0.134. The molecule has 0 atom stereocenters. The van der Waals surface area contributed by atoms with Crippen LogP contribution < -0.4 is 10.6 Å². The Morgan fingerprint density at radius 1 is 1.42 bits per heavy atom. The summed E-state index contributed by atoms with van der Waals surface area (Å²) in [5, 5.41) is 9.62. The third kappa shape index (κ3) is 2.04. The highest BCUT2D eigenvalue weighted by atomic mass is 79.9. The first-order valence-electron chi connectivity index (χ1n) is 5.66. The number of nitrogens with one attached hydrogen (secondary N) is 2. The van der Waals surface area contributed by atoms with Crippen molar-refractivity contribution >= 4 is 38.9 Å². The molecule has 2 aromatic rings. The molecule has 1 aliphatic rings. The maximum absolute atomic E-state index is 11.9. The van der Waals surface area contributed by atoms with Gasteiger partial charge in [-0.2, -0.15) is 0 Å². The number of para-hydroxylation sites is 1. The van der Waals surface area contributed by atoms with E-state index in [1.807, 2.05) is 24.3 Å². The molecule has 0 saturated heterocycles. The standard InChI is InChI=1S/C13H10BrN3O2/c1-7-11(14)12(17-19-7)15-6-9-8-4-2-3-5-10(8)16-13(9)18/h2-6H,1H3,(H,15,17)(H,16,18)/b9-6+. The molecule has 1 aromatic carbocycles. The summed E-state index contributed by atoms with van der Waals surface area (Å²) in [7, 11) is 0. The average Bonchev–Trinajstić information content (AvgIpc) is 2.89. The van der Waals surface area contributed by atoms with Gasteiger partial charge in [0.1, 0.15) is 10.2 Å². The van der Waals surface area contributed by atoms with Gasteiger partial charge in [-0.05, 0) is 28.9 Å². The lowest BCUT2D eigenvalue weighted by Gasteiger charge is -1.98. The van der Waals surface area contributed by atoms with E-state index in [0.717, 1.165) is 15.7 Å². The fraction of sp³-hybridized carbons (Fsp3) is 0.0769. The summed E-state index contributed by atoms with van der Waals surface area (Å²) in [6.45, 7) is 1.80. The molecule has 2 heterocycles. The summed E-state index contributed by atoms with van der Waals surface area (Å²) in [6.07, 6.45) is 1.63. The van der Waals surface area contributed by atoms with Crippen molar-refractivity contribution in [3.8, 4) is 0 Å². The van der Waals surface area contributed by atoms with Crippen LogP contribution in [0.3, 0.4) is 0 Å². The van der Waals surface area contributed by atoms with E-state index in [2.05, 4.69) is 31.7 Å². The predicted octanol–water partition coefficient (Wildman–Crippen LogP) is 3.15. The molecule has 0 spiro atoms. The second kappa shape index (κ2) is 4.55. The fourth-order valence-corrected chi connectivity index (χ4v) is 2.13. The number of aromatic nitrogens is 1. The van der Waals surface area contributed by atoms with Crippen molar-refractivity contribution in [2.75, 3.05) is 10.6 Å². The first kappa shape index (κ1) is 12.0. The zero-order chi connectivity index (χ0) is 13.4. The largest absolute Gasteiger partial charge is 0.358 e.